The average molecular weight is 264 g/mol. The number of nitrogens with zero attached hydrogens (tertiary/aromatic N) is 4. The van der Waals surface area contributed by atoms with Gasteiger partial charge in [-0.05, 0) is 37.5 Å². The van der Waals surface area contributed by atoms with Gasteiger partial charge in [0.2, 0.25) is 5.28 Å². The number of rotatable bonds is 2. The summed E-state index contributed by atoms with van der Waals surface area (Å²) in [5, 5.41) is 8.06. The van der Waals surface area contributed by atoms with Gasteiger partial charge in [-0.2, -0.15) is 5.10 Å². The minimum atomic E-state index is 0.268. The Hall–Kier alpha value is -1.46. The molecule has 2 aromatic heterocycles. The van der Waals surface area contributed by atoms with Crippen LogP contribution in [-0.2, 0) is 0 Å². The number of nitrogens with one attached hydrogen (secondary N) is 1. The summed E-state index contributed by atoms with van der Waals surface area (Å²) in [7, 11) is 0. The molecule has 0 saturated carbocycles. The summed E-state index contributed by atoms with van der Waals surface area (Å²) < 4.78 is 2.05. The van der Waals surface area contributed by atoms with Gasteiger partial charge in [-0.15, -0.1) is 0 Å². The zero-order chi connectivity index (χ0) is 12.4. The molecule has 5 nitrogen and oxygen atoms in total. The molecule has 1 aliphatic rings. The van der Waals surface area contributed by atoms with Crippen LogP contribution in [-0.4, -0.2) is 32.8 Å². The van der Waals surface area contributed by atoms with E-state index in [0.717, 1.165) is 37.1 Å². The molecule has 1 aliphatic heterocycles. The lowest BCUT2D eigenvalue weighted by Crippen LogP contribution is -2.29. The van der Waals surface area contributed by atoms with E-state index in [2.05, 4.69) is 26.6 Å². The molecule has 0 radical (unpaired) electrons. The van der Waals surface area contributed by atoms with E-state index in [-0.39, 0.29) is 5.28 Å². The third-order valence-corrected chi connectivity index (χ3v) is 3.43. The van der Waals surface area contributed by atoms with Crippen molar-refractivity contribution in [3.8, 4) is 11.1 Å². The molecule has 2 aromatic rings. The zero-order valence-electron chi connectivity index (χ0n) is 9.88. The van der Waals surface area contributed by atoms with E-state index < -0.39 is 0 Å². The van der Waals surface area contributed by atoms with Crippen molar-refractivity contribution in [2.24, 2.45) is 0 Å². The second kappa shape index (κ2) is 5.04. The first-order valence-electron chi connectivity index (χ1n) is 6.06. The Balaban J connectivity index is 1.82. The lowest BCUT2D eigenvalue weighted by molar-refractivity contribution is 0.343. The van der Waals surface area contributed by atoms with E-state index in [1.807, 2.05) is 10.9 Å². The van der Waals surface area contributed by atoms with Crippen LogP contribution in [0.2, 0.25) is 5.28 Å². The molecule has 18 heavy (non-hydrogen) atoms. The summed E-state index contributed by atoms with van der Waals surface area (Å²) >= 11 is 5.68. The molecule has 1 N–H and O–H groups in total. The highest BCUT2D eigenvalue weighted by atomic mass is 35.5. The maximum absolute atomic E-state index is 5.68. The fourth-order valence-corrected chi connectivity index (χ4v) is 2.32. The molecular weight excluding hydrogens is 250 g/mol. The molecule has 0 aromatic carbocycles. The van der Waals surface area contributed by atoms with Crippen LogP contribution in [0.25, 0.3) is 11.1 Å². The van der Waals surface area contributed by atoms with Crippen molar-refractivity contribution in [1.82, 2.24) is 25.1 Å². The molecule has 3 heterocycles. The Bertz CT molecular complexity index is 516. The van der Waals surface area contributed by atoms with Crippen LogP contribution in [0, 0.1) is 0 Å². The van der Waals surface area contributed by atoms with Gasteiger partial charge < -0.3 is 5.32 Å². The summed E-state index contributed by atoms with van der Waals surface area (Å²) in [6.07, 6.45) is 9.60. The second-order valence-electron chi connectivity index (χ2n) is 4.43. The van der Waals surface area contributed by atoms with Crippen molar-refractivity contribution in [2.45, 2.75) is 18.9 Å². The standard InChI is InChI=1S/C12H14ClN5/c13-12-15-5-9(6-16-12)10-7-17-18(8-10)11-1-3-14-4-2-11/h5-8,11,14H,1-4H2. The molecule has 1 fully saturated rings. The van der Waals surface area contributed by atoms with Gasteiger partial charge in [-0.3, -0.25) is 4.68 Å². The number of hydrogen-bond acceptors (Lipinski definition) is 4. The molecule has 0 atom stereocenters. The van der Waals surface area contributed by atoms with Crippen molar-refractivity contribution >= 4 is 11.6 Å². The van der Waals surface area contributed by atoms with Crippen LogP contribution in [0.5, 0.6) is 0 Å². The highest BCUT2D eigenvalue weighted by Gasteiger charge is 2.16. The Kier molecular flexibility index (Phi) is 3.25. The smallest absolute Gasteiger partial charge is 0.222 e. The normalized spacial score (nSPS) is 16.9. The lowest BCUT2D eigenvalue weighted by atomic mass is 10.1. The van der Waals surface area contributed by atoms with Crippen molar-refractivity contribution < 1.29 is 0 Å². The monoisotopic (exact) mass is 263 g/mol. The predicted molar refractivity (Wildman–Crippen MR) is 69.4 cm³/mol. The third kappa shape index (κ3) is 2.37. The summed E-state index contributed by atoms with van der Waals surface area (Å²) in [4.78, 5) is 7.97. The molecular formula is C12H14ClN5. The van der Waals surface area contributed by atoms with Crippen LogP contribution < -0.4 is 5.32 Å². The topological polar surface area (TPSA) is 55.6 Å². The van der Waals surface area contributed by atoms with Crippen molar-refractivity contribution in [2.75, 3.05) is 13.1 Å². The Morgan fingerprint density at radius 1 is 1.11 bits per heavy atom. The average Bonchev–Trinajstić information content (AvgIpc) is 2.90. The SMILES string of the molecule is Clc1ncc(-c2cnn(C3CCNCC3)c2)cn1. The van der Waals surface area contributed by atoms with Gasteiger partial charge in [0.15, 0.2) is 0 Å². The molecule has 0 bridgehead atoms. The summed E-state index contributed by atoms with van der Waals surface area (Å²) in [6.45, 7) is 2.12. The summed E-state index contributed by atoms with van der Waals surface area (Å²) in [6, 6.07) is 0.494. The highest BCUT2D eigenvalue weighted by molar-refractivity contribution is 6.28. The van der Waals surface area contributed by atoms with E-state index in [1.165, 1.54) is 0 Å². The van der Waals surface area contributed by atoms with Gasteiger partial charge in [0.1, 0.15) is 0 Å². The fraction of sp³-hybridized carbons (Fsp3) is 0.417. The molecule has 0 amide bonds. The Morgan fingerprint density at radius 3 is 2.56 bits per heavy atom. The minimum Gasteiger partial charge on any atom is -0.317 e. The van der Waals surface area contributed by atoms with E-state index in [9.17, 15) is 0 Å². The fourth-order valence-electron chi connectivity index (χ4n) is 2.22. The van der Waals surface area contributed by atoms with Crippen LogP contribution in [0.4, 0.5) is 0 Å². The lowest BCUT2D eigenvalue weighted by Gasteiger charge is -2.22. The van der Waals surface area contributed by atoms with E-state index in [0.29, 0.717) is 6.04 Å². The summed E-state index contributed by atoms with van der Waals surface area (Å²) in [5.74, 6) is 0. The second-order valence-corrected chi connectivity index (χ2v) is 4.77. The van der Waals surface area contributed by atoms with Crippen LogP contribution >= 0.6 is 11.6 Å². The number of hydrogen-bond donors (Lipinski definition) is 1. The Labute approximate surface area is 110 Å². The predicted octanol–water partition coefficient (Wildman–Crippen LogP) is 1.92. The van der Waals surface area contributed by atoms with Gasteiger partial charge in [0.25, 0.3) is 0 Å². The van der Waals surface area contributed by atoms with Crippen molar-refractivity contribution in [3.63, 3.8) is 0 Å². The molecule has 0 spiro atoms. The largest absolute Gasteiger partial charge is 0.317 e. The highest BCUT2D eigenvalue weighted by Crippen LogP contribution is 2.22. The van der Waals surface area contributed by atoms with Crippen molar-refractivity contribution in [1.29, 1.82) is 0 Å². The molecule has 3 rings (SSSR count). The molecule has 0 unspecified atom stereocenters. The number of aromatic nitrogens is 4. The molecule has 0 aliphatic carbocycles. The summed E-state index contributed by atoms with van der Waals surface area (Å²) in [5.41, 5.74) is 1.98. The first kappa shape index (κ1) is 11.6. The number of halogens is 1. The molecule has 6 heteroatoms. The van der Waals surface area contributed by atoms with Gasteiger partial charge in [0, 0.05) is 29.7 Å². The maximum atomic E-state index is 5.68. The van der Waals surface area contributed by atoms with Gasteiger partial charge in [0.05, 0.1) is 12.2 Å². The van der Waals surface area contributed by atoms with E-state index in [1.54, 1.807) is 12.4 Å². The van der Waals surface area contributed by atoms with Crippen molar-refractivity contribution in [3.05, 3.63) is 30.1 Å². The first-order chi connectivity index (χ1) is 8.83. The Morgan fingerprint density at radius 2 is 1.83 bits per heavy atom. The zero-order valence-corrected chi connectivity index (χ0v) is 10.6. The van der Waals surface area contributed by atoms with Gasteiger partial charge in [-0.1, -0.05) is 0 Å². The van der Waals surface area contributed by atoms with Crippen LogP contribution in [0.1, 0.15) is 18.9 Å². The minimum absolute atomic E-state index is 0.268. The van der Waals surface area contributed by atoms with Crippen LogP contribution in [0.3, 0.4) is 0 Å². The molecule has 94 valence electrons. The first-order valence-corrected chi connectivity index (χ1v) is 6.43. The van der Waals surface area contributed by atoms with Gasteiger partial charge in [-0.25, -0.2) is 9.97 Å². The van der Waals surface area contributed by atoms with E-state index >= 15 is 0 Å². The van der Waals surface area contributed by atoms with Crippen LogP contribution in [0.15, 0.2) is 24.8 Å². The van der Waals surface area contributed by atoms with E-state index in [4.69, 9.17) is 11.6 Å². The number of piperidine rings is 1. The molecule has 1 saturated heterocycles. The van der Waals surface area contributed by atoms with Gasteiger partial charge >= 0.3 is 0 Å². The quantitative estimate of drug-likeness (QED) is 0.841. The maximum Gasteiger partial charge on any atom is 0.222 e. The third-order valence-electron chi connectivity index (χ3n) is 3.24.